The van der Waals surface area contributed by atoms with E-state index >= 15 is 0 Å². The summed E-state index contributed by atoms with van der Waals surface area (Å²) in [5.74, 6) is -1.87. The first kappa shape index (κ1) is 26.9. The molecule has 2 heterocycles. The molecular weight excluding hydrogens is 488 g/mol. The van der Waals surface area contributed by atoms with E-state index in [2.05, 4.69) is 10.0 Å². The number of rotatable bonds is 13. The van der Waals surface area contributed by atoms with Gasteiger partial charge in [-0.2, -0.15) is 4.72 Å². The number of aliphatic carboxylic acids is 1. The average molecular weight is 517 g/mol. The number of nitrogens with two attached hydrogens (primary N) is 1. The third-order valence-electron chi connectivity index (χ3n) is 5.30. The van der Waals surface area contributed by atoms with Crippen LogP contribution in [0.1, 0.15) is 29.6 Å². The number of nitrogens with one attached hydrogen (secondary N) is 2. The number of pyridine rings is 2. The van der Waals surface area contributed by atoms with Crippen molar-refractivity contribution in [3.8, 4) is 5.75 Å². The second kappa shape index (κ2) is 12.3. The number of carbonyl (C=O) groups excluding carboxylic acids is 1. The lowest BCUT2D eigenvalue weighted by atomic mass is 10.2. The largest absolute Gasteiger partial charge is 0.492 e. The lowest BCUT2D eigenvalue weighted by Gasteiger charge is -2.16. The highest BCUT2D eigenvalue weighted by Crippen LogP contribution is 2.13. The number of aromatic nitrogens is 1. The van der Waals surface area contributed by atoms with Crippen LogP contribution < -0.4 is 26.1 Å². The van der Waals surface area contributed by atoms with Crippen molar-refractivity contribution in [3.63, 3.8) is 0 Å². The molecule has 12 heteroatoms. The number of amides is 1. The van der Waals surface area contributed by atoms with E-state index in [0.29, 0.717) is 24.4 Å². The van der Waals surface area contributed by atoms with Crippen LogP contribution in [0.3, 0.4) is 0 Å². The molecule has 11 nitrogen and oxygen atoms in total. The van der Waals surface area contributed by atoms with E-state index in [1.807, 2.05) is 0 Å². The number of fused-ring (bicyclic) bond motifs is 1. The summed E-state index contributed by atoms with van der Waals surface area (Å²) in [5, 5.41) is 11.8. The van der Waals surface area contributed by atoms with Gasteiger partial charge in [-0.1, -0.05) is 18.2 Å². The summed E-state index contributed by atoms with van der Waals surface area (Å²) >= 11 is 0. The van der Waals surface area contributed by atoms with Crippen LogP contribution in [0.2, 0.25) is 0 Å². The lowest BCUT2D eigenvalue weighted by molar-refractivity contribution is -0.138. The van der Waals surface area contributed by atoms with Crippen molar-refractivity contribution >= 4 is 27.4 Å². The number of nitrogens with zero attached hydrogens (tertiary/aromatic N) is 1. The van der Waals surface area contributed by atoms with Gasteiger partial charge < -0.3 is 20.9 Å². The van der Waals surface area contributed by atoms with Crippen LogP contribution in [0.25, 0.3) is 5.52 Å². The molecule has 1 amide bonds. The summed E-state index contributed by atoms with van der Waals surface area (Å²) in [6, 6.07) is 11.9. The molecule has 0 bridgehead atoms. The van der Waals surface area contributed by atoms with Crippen LogP contribution in [0.5, 0.6) is 5.75 Å². The topological polar surface area (TPSA) is 169 Å². The molecule has 0 spiro atoms. The Balaban J connectivity index is 1.71. The predicted octanol–water partition coefficient (Wildman–Crippen LogP) is 0.969. The lowest BCUT2D eigenvalue weighted by Crippen LogP contribution is -2.48. The highest BCUT2D eigenvalue weighted by molar-refractivity contribution is 7.89. The maximum absolute atomic E-state index is 12.9. The maximum Gasteiger partial charge on any atom is 0.323 e. The second-order valence-electron chi connectivity index (χ2n) is 7.94. The molecule has 2 aromatic heterocycles. The van der Waals surface area contributed by atoms with Gasteiger partial charge in [-0.3, -0.25) is 18.8 Å². The van der Waals surface area contributed by atoms with Crippen LogP contribution >= 0.6 is 0 Å². The van der Waals surface area contributed by atoms with E-state index in [-0.39, 0.29) is 10.5 Å². The Morgan fingerprint density at radius 1 is 1.03 bits per heavy atom. The Labute approximate surface area is 207 Å². The average Bonchev–Trinajstić information content (AvgIpc) is 2.87. The van der Waals surface area contributed by atoms with Crippen LogP contribution in [0.15, 0.2) is 70.5 Å². The van der Waals surface area contributed by atoms with Gasteiger partial charge in [0, 0.05) is 12.1 Å². The molecule has 192 valence electrons. The normalized spacial score (nSPS) is 12.2. The number of hydrogen-bond acceptors (Lipinski definition) is 7. The summed E-state index contributed by atoms with van der Waals surface area (Å²) in [6.45, 7) is 0.493. The fourth-order valence-corrected chi connectivity index (χ4v) is 4.58. The first-order valence-corrected chi connectivity index (χ1v) is 12.8. The summed E-state index contributed by atoms with van der Waals surface area (Å²) < 4.78 is 33.9. The van der Waals surface area contributed by atoms with E-state index in [4.69, 9.17) is 10.5 Å². The van der Waals surface area contributed by atoms with E-state index in [9.17, 15) is 27.9 Å². The second-order valence-corrected chi connectivity index (χ2v) is 9.66. The Hall–Kier alpha value is -3.74. The third kappa shape index (κ3) is 6.90. The minimum atomic E-state index is -4.14. The fraction of sp³-hybridized carbons (Fsp3) is 0.292. The number of carboxylic acid groups (broad SMARTS) is 1. The molecule has 0 saturated carbocycles. The van der Waals surface area contributed by atoms with E-state index in [1.54, 1.807) is 24.3 Å². The van der Waals surface area contributed by atoms with Crippen molar-refractivity contribution in [2.75, 3.05) is 19.7 Å². The first-order chi connectivity index (χ1) is 17.2. The Morgan fingerprint density at radius 2 is 1.75 bits per heavy atom. The molecule has 3 rings (SSSR count). The van der Waals surface area contributed by atoms with Gasteiger partial charge >= 0.3 is 5.97 Å². The summed E-state index contributed by atoms with van der Waals surface area (Å²) in [5.41, 5.74) is 5.14. The zero-order valence-electron chi connectivity index (χ0n) is 19.4. The molecule has 0 aliphatic heterocycles. The number of benzene rings is 1. The number of sulfonamides is 1. The van der Waals surface area contributed by atoms with Crippen molar-refractivity contribution < 1.29 is 27.9 Å². The number of ether oxygens (including phenoxy) is 1. The van der Waals surface area contributed by atoms with Gasteiger partial charge in [0.25, 0.3) is 11.5 Å². The quantitative estimate of drug-likeness (QED) is 0.244. The van der Waals surface area contributed by atoms with Crippen molar-refractivity contribution in [1.29, 1.82) is 0 Å². The van der Waals surface area contributed by atoms with Gasteiger partial charge in [-0.15, -0.1) is 0 Å². The molecule has 3 aromatic rings. The van der Waals surface area contributed by atoms with Crippen molar-refractivity contribution in [1.82, 2.24) is 14.4 Å². The molecule has 36 heavy (non-hydrogen) atoms. The Morgan fingerprint density at radius 3 is 2.44 bits per heavy atom. The maximum atomic E-state index is 12.9. The fourth-order valence-electron chi connectivity index (χ4n) is 3.37. The third-order valence-corrected chi connectivity index (χ3v) is 6.79. The number of unbranched alkanes of at least 4 members (excludes halogenated alkanes) is 2. The van der Waals surface area contributed by atoms with Gasteiger partial charge in [-0.25, -0.2) is 8.42 Å². The molecule has 0 radical (unpaired) electrons. The molecular formula is C24H28N4O7S. The van der Waals surface area contributed by atoms with Gasteiger partial charge in [0.05, 0.1) is 17.7 Å². The molecule has 0 saturated heterocycles. The predicted molar refractivity (Wildman–Crippen MR) is 133 cm³/mol. The van der Waals surface area contributed by atoms with Gasteiger partial charge in [0.15, 0.2) is 0 Å². The summed E-state index contributed by atoms with van der Waals surface area (Å²) in [4.78, 5) is 37.1. The number of carbonyl (C=O) groups is 2. The molecule has 0 unspecified atom stereocenters. The number of carboxylic acids is 1. The van der Waals surface area contributed by atoms with E-state index < -0.39 is 40.0 Å². The van der Waals surface area contributed by atoms with Crippen LogP contribution in [0, 0.1) is 0 Å². The van der Waals surface area contributed by atoms with Gasteiger partial charge in [0.2, 0.25) is 10.0 Å². The van der Waals surface area contributed by atoms with Crippen LogP contribution in [-0.2, 0) is 14.8 Å². The van der Waals surface area contributed by atoms with Crippen molar-refractivity contribution in [3.05, 3.63) is 76.7 Å². The number of hydrogen-bond donors (Lipinski definition) is 4. The highest BCUT2D eigenvalue weighted by atomic mass is 32.2. The smallest absolute Gasteiger partial charge is 0.323 e. The van der Waals surface area contributed by atoms with Gasteiger partial charge in [0.1, 0.15) is 17.4 Å². The zero-order valence-corrected chi connectivity index (χ0v) is 20.2. The van der Waals surface area contributed by atoms with E-state index in [1.165, 1.54) is 40.9 Å². The first-order valence-electron chi connectivity index (χ1n) is 11.3. The monoisotopic (exact) mass is 516 g/mol. The molecule has 1 atom stereocenters. The van der Waals surface area contributed by atoms with Crippen molar-refractivity contribution in [2.24, 2.45) is 5.73 Å². The van der Waals surface area contributed by atoms with Gasteiger partial charge in [-0.05, 0) is 62.2 Å². The Bertz CT molecular complexity index is 1370. The SMILES string of the molecule is NCCCCCOc1ccc2ccc(C(=O)NC[C@H](NS(=O)(=O)c3ccccc3)C(=O)O)c(=O)n2c1. The minimum Gasteiger partial charge on any atom is -0.492 e. The highest BCUT2D eigenvalue weighted by Gasteiger charge is 2.26. The van der Waals surface area contributed by atoms with Crippen LogP contribution in [0.4, 0.5) is 0 Å². The van der Waals surface area contributed by atoms with Crippen LogP contribution in [-0.4, -0.2) is 55.5 Å². The summed E-state index contributed by atoms with van der Waals surface area (Å²) in [6.07, 6.45) is 4.11. The molecule has 0 aliphatic rings. The molecule has 0 aliphatic carbocycles. The molecule has 1 aromatic carbocycles. The summed E-state index contributed by atoms with van der Waals surface area (Å²) in [7, 11) is -4.14. The zero-order chi connectivity index (χ0) is 26.1. The standard InChI is InChI=1S/C24H28N4O7S/c25-13-5-2-6-14-35-18-11-9-17-10-12-20(23(30)28(17)16-18)22(29)26-15-21(24(31)32)27-36(33,34)19-7-3-1-4-8-19/h1,3-4,7-12,16,21,27H,2,5-6,13-15,25H2,(H,26,29)(H,31,32)/t21-/m0/s1. The Kier molecular flexibility index (Phi) is 9.17. The molecule has 5 N–H and O–H groups in total. The minimum absolute atomic E-state index is 0.118. The van der Waals surface area contributed by atoms with E-state index in [0.717, 1.165) is 19.3 Å². The molecule has 0 fully saturated rings. The van der Waals surface area contributed by atoms with Crippen molar-refractivity contribution in [2.45, 2.75) is 30.2 Å².